The lowest BCUT2D eigenvalue weighted by Gasteiger charge is -2.08. The summed E-state index contributed by atoms with van der Waals surface area (Å²) in [4.78, 5) is 0.0756. The Kier molecular flexibility index (Phi) is 10.8. The van der Waals surface area contributed by atoms with Crippen LogP contribution in [0.1, 0.15) is 0 Å². The Morgan fingerprint density at radius 2 is 1.44 bits per heavy atom. The first-order valence-electron chi connectivity index (χ1n) is 7.72. The molecule has 0 spiro atoms. The van der Waals surface area contributed by atoms with Gasteiger partial charge in [-0.05, 0) is 35.7 Å². The largest absolute Gasteiger partial charge is 0.399 e. The Bertz CT molecular complexity index is 930. The van der Waals surface area contributed by atoms with E-state index in [-0.39, 0.29) is 29.7 Å². The van der Waals surface area contributed by atoms with E-state index in [4.69, 9.17) is 16.6 Å². The highest BCUT2D eigenvalue weighted by Crippen LogP contribution is 2.22. The Hall–Kier alpha value is -2.03. The van der Waals surface area contributed by atoms with Crippen molar-refractivity contribution in [2.75, 3.05) is 24.1 Å². The molecule has 148 valence electrons. The van der Waals surface area contributed by atoms with Gasteiger partial charge in [0.15, 0.2) is 0 Å². The van der Waals surface area contributed by atoms with Gasteiger partial charge < -0.3 is 16.8 Å². The molecule has 9 heteroatoms. The Labute approximate surface area is 172 Å². The molecule has 0 unspecified atom stereocenters. The predicted molar refractivity (Wildman–Crippen MR) is 118 cm³/mol. The standard InChI is InChI=1S/C12H14N2.C6H8N2O2S.2ClH/c13-8-9-14-12-7-3-5-10-4-1-2-6-11(10)12;7-5-1-3-6(4-2-5)11(8,9)10;;/h1-7,14H,8-9,13H2;1-4H,7H2,(H2,8,9,10);2*1H. The van der Waals surface area contributed by atoms with Crippen LogP contribution in [0.4, 0.5) is 11.4 Å². The number of nitrogen functional groups attached to an aromatic ring is 1. The number of hydrogen-bond donors (Lipinski definition) is 4. The number of nitrogens with one attached hydrogen (secondary N) is 1. The lowest BCUT2D eigenvalue weighted by atomic mass is 10.1. The van der Waals surface area contributed by atoms with Crippen LogP contribution in [0.5, 0.6) is 0 Å². The van der Waals surface area contributed by atoms with Crippen molar-refractivity contribution in [2.45, 2.75) is 4.90 Å². The number of benzene rings is 3. The highest BCUT2D eigenvalue weighted by Gasteiger charge is 2.05. The molecule has 3 rings (SSSR count). The van der Waals surface area contributed by atoms with Crippen molar-refractivity contribution in [3.05, 3.63) is 66.7 Å². The summed E-state index contributed by atoms with van der Waals surface area (Å²) in [6, 6.07) is 20.3. The molecule has 3 aromatic carbocycles. The molecule has 0 aliphatic heterocycles. The van der Waals surface area contributed by atoms with Gasteiger partial charge in [0.25, 0.3) is 0 Å². The van der Waals surface area contributed by atoms with E-state index in [0.717, 1.165) is 12.2 Å². The summed E-state index contributed by atoms with van der Waals surface area (Å²) in [5, 5.41) is 10.7. The lowest BCUT2D eigenvalue weighted by molar-refractivity contribution is 0.598. The number of fused-ring (bicyclic) bond motifs is 1. The maximum absolute atomic E-state index is 10.7. The third-order valence-corrected chi connectivity index (χ3v) is 4.39. The van der Waals surface area contributed by atoms with Gasteiger partial charge in [0.1, 0.15) is 0 Å². The smallest absolute Gasteiger partial charge is 0.238 e. The fourth-order valence-electron chi connectivity index (χ4n) is 2.24. The molecule has 0 radical (unpaired) electrons. The van der Waals surface area contributed by atoms with E-state index < -0.39 is 10.0 Å². The second-order valence-corrected chi connectivity index (χ2v) is 6.92. The van der Waals surface area contributed by atoms with Crippen LogP contribution >= 0.6 is 24.8 Å². The summed E-state index contributed by atoms with van der Waals surface area (Å²) in [6.07, 6.45) is 0. The second-order valence-electron chi connectivity index (χ2n) is 5.36. The maximum Gasteiger partial charge on any atom is 0.238 e. The third-order valence-electron chi connectivity index (χ3n) is 3.46. The van der Waals surface area contributed by atoms with Crippen molar-refractivity contribution < 1.29 is 8.42 Å². The van der Waals surface area contributed by atoms with Crippen molar-refractivity contribution >= 4 is 57.0 Å². The van der Waals surface area contributed by atoms with Crippen molar-refractivity contribution in [3.8, 4) is 0 Å². The molecule has 0 saturated heterocycles. The van der Waals surface area contributed by atoms with Gasteiger partial charge in [-0.2, -0.15) is 0 Å². The first kappa shape index (κ1) is 25.0. The minimum atomic E-state index is -3.58. The van der Waals surface area contributed by atoms with Gasteiger partial charge in [-0.3, -0.25) is 0 Å². The SMILES string of the molecule is Cl.Cl.NCCNc1cccc2ccccc12.Nc1ccc(S(N)(=O)=O)cc1. The summed E-state index contributed by atoms with van der Waals surface area (Å²) in [7, 11) is -3.58. The summed E-state index contributed by atoms with van der Waals surface area (Å²) in [5.41, 5.74) is 12.5. The molecular formula is C18H24Cl2N4O2S. The van der Waals surface area contributed by atoms with Gasteiger partial charge in [-0.15, -0.1) is 24.8 Å². The number of hydrogen-bond acceptors (Lipinski definition) is 5. The molecule has 6 nitrogen and oxygen atoms in total. The molecule has 3 aromatic rings. The number of rotatable bonds is 4. The monoisotopic (exact) mass is 430 g/mol. The quantitative estimate of drug-likeness (QED) is 0.473. The second kappa shape index (κ2) is 11.6. The average Bonchev–Trinajstić information content (AvgIpc) is 2.60. The van der Waals surface area contributed by atoms with E-state index >= 15 is 0 Å². The topological polar surface area (TPSA) is 124 Å². The molecule has 0 aliphatic rings. The highest BCUT2D eigenvalue weighted by molar-refractivity contribution is 7.89. The molecule has 0 bridgehead atoms. The molecule has 0 heterocycles. The minimum Gasteiger partial charge on any atom is -0.399 e. The van der Waals surface area contributed by atoms with E-state index in [9.17, 15) is 8.42 Å². The normalized spacial score (nSPS) is 10.0. The van der Waals surface area contributed by atoms with Crippen molar-refractivity contribution in [2.24, 2.45) is 10.9 Å². The molecule has 0 saturated carbocycles. The molecule has 27 heavy (non-hydrogen) atoms. The van der Waals surface area contributed by atoms with Crippen molar-refractivity contribution in [1.82, 2.24) is 0 Å². The van der Waals surface area contributed by atoms with Crippen LogP contribution in [0.15, 0.2) is 71.6 Å². The molecule has 0 aromatic heterocycles. The maximum atomic E-state index is 10.7. The number of primary sulfonamides is 1. The van der Waals surface area contributed by atoms with Crippen molar-refractivity contribution in [1.29, 1.82) is 0 Å². The van der Waals surface area contributed by atoms with Crippen LogP contribution in [0.25, 0.3) is 10.8 Å². The average molecular weight is 431 g/mol. The minimum absolute atomic E-state index is 0. The Morgan fingerprint density at radius 3 is 2.04 bits per heavy atom. The highest BCUT2D eigenvalue weighted by atomic mass is 35.5. The van der Waals surface area contributed by atoms with E-state index in [1.54, 1.807) is 0 Å². The lowest BCUT2D eigenvalue weighted by Crippen LogP contribution is -2.13. The first-order valence-corrected chi connectivity index (χ1v) is 9.26. The summed E-state index contributed by atoms with van der Waals surface area (Å²) in [6.45, 7) is 1.47. The summed E-state index contributed by atoms with van der Waals surface area (Å²) in [5.74, 6) is 0. The summed E-state index contributed by atoms with van der Waals surface area (Å²) < 4.78 is 21.4. The van der Waals surface area contributed by atoms with E-state index in [1.807, 2.05) is 0 Å². The molecular weight excluding hydrogens is 407 g/mol. The van der Waals surface area contributed by atoms with E-state index in [2.05, 4.69) is 47.8 Å². The van der Waals surface area contributed by atoms with Gasteiger partial charge in [0.2, 0.25) is 10.0 Å². The molecule has 0 aliphatic carbocycles. The Balaban J connectivity index is 0.000000479. The fourth-order valence-corrected chi connectivity index (χ4v) is 2.76. The van der Waals surface area contributed by atoms with Gasteiger partial charge >= 0.3 is 0 Å². The van der Waals surface area contributed by atoms with Gasteiger partial charge in [-0.25, -0.2) is 13.6 Å². The summed E-state index contributed by atoms with van der Waals surface area (Å²) >= 11 is 0. The third kappa shape index (κ3) is 7.62. The number of anilines is 2. The van der Waals surface area contributed by atoms with Crippen LogP contribution in [-0.2, 0) is 10.0 Å². The van der Waals surface area contributed by atoms with Crippen LogP contribution in [0.3, 0.4) is 0 Å². The molecule has 0 atom stereocenters. The van der Waals surface area contributed by atoms with Gasteiger partial charge in [-0.1, -0.05) is 36.4 Å². The molecule has 0 fully saturated rings. The zero-order valence-electron chi connectivity index (χ0n) is 14.5. The Morgan fingerprint density at radius 1 is 0.852 bits per heavy atom. The predicted octanol–water partition coefficient (Wildman–Crippen LogP) is 2.97. The van der Waals surface area contributed by atoms with E-state index in [1.165, 1.54) is 35.0 Å². The van der Waals surface area contributed by atoms with Crippen molar-refractivity contribution in [3.63, 3.8) is 0 Å². The fraction of sp³-hybridized carbons (Fsp3) is 0.111. The molecule has 0 amide bonds. The molecule has 7 N–H and O–H groups in total. The zero-order valence-corrected chi connectivity index (χ0v) is 17.0. The van der Waals surface area contributed by atoms with Crippen LogP contribution in [0.2, 0.25) is 0 Å². The van der Waals surface area contributed by atoms with Crippen LogP contribution in [-0.4, -0.2) is 21.5 Å². The van der Waals surface area contributed by atoms with Gasteiger partial charge in [0.05, 0.1) is 4.90 Å². The van der Waals surface area contributed by atoms with Crippen LogP contribution < -0.4 is 21.9 Å². The first-order chi connectivity index (χ1) is 11.9. The number of sulfonamides is 1. The number of nitrogens with two attached hydrogens (primary N) is 3. The van der Waals surface area contributed by atoms with Crippen LogP contribution in [0, 0.1) is 0 Å². The van der Waals surface area contributed by atoms with E-state index in [0.29, 0.717) is 12.2 Å². The zero-order chi connectivity index (χ0) is 18.3. The number of halogens is 2. The van der Waals surface area contributed by atoms with Gasteiger partial charge in [0, 0.05) is 29.9 Å².